The van der Waals surface area contributed by atoms with Gasteiger partial charge in [0.25, 0.3) is 11.8 Å². The number of phenolic OH excluding ortho intramolecular Hbond substituents is 1. The minimum Gasteiger partial charge on any atom is -0.504 e. The number of amides is 2. The fourth-order valence-electron chi connectivity index (χ4n) is 8.03. The fraction of sp³-hybridized carbons (Fsp3) is 0.419. The zero-order valence-corrected chi connectivity index (χ0v) is 23.5. The molecule has 2 fully saturated rings. The maximum atomic E-state index is 13.4. The van der Waals surface area contributed by atoms with Gasteiger partial charge in [-0.25, -0.2) is 9.59 Å². The molecule has 7 rings (SSSR count). The van der Waals surface area contributed by atoms with Gasteiger partial charge >= 0.3 is 11.9 Å². The summed E-state index contributed by atoms with van der Waals surface area (Å²) >= 11 is 0. The molecular formula is C31H32N2O11. The van der Waals surface area contributed by atoms with E-state index in [1.165, 1.54) is 4.90 Å². The monoisotopic (exact) mass is 608 g/mol. The average Bonchev–Trinajstić information content (AvgIpc) is 3.48. The summed E-state index contributed by atoms with van der Waals surface area (Å²) in [4.78, 5) is 50.0. The lowest BCUT2D eigenvalue weighted by molar-refractivity contribution is -0.194. The predicted octanol–water partition coefficient (Wildman–Crippen LogP) is 0.275. The Morgan fingerprint density at radius 1 is 1.02 bits per heavy atom. The van der Waals surface area contributed by atoms with E-state index in [0.29, 0.717) is 49.1 Å². The van der Waals surface area contributed by atoms with Crippen LogP contribution in [0.15, 0.2) is 49.1 Å². The van der Waals surface area contributed by atoms with Crippen molar-refractivity contribution >= 4 is 23.8 Å². The summed E-state index contributed by atoms with van der Waals surface area (Å²) in [5, 5.41) is 55.7. The second kappa shape index (κ2) is 10.4. The minimum atomic E-state index is -2.27. The summed E-state index contributed by atoms with van der Waals surface area (Å²) in [6, 6.07) is 9.82. The van der Waals surface area contributed by atoms with E-state index in [-0.39, 0.29) is 23.6 Å². The van der Waals surface area contributed by atoms with Crippen molar-refractivity contribution in [3.63, 3.8) is 0 Å². The Morgan fingerprint density at radius 3 is 2.20 bits per heavy atom. The molecule has 2 bridgehead atoms. The normalized spacial score (nSPS) is 30.7. The third kappa shape index (κ3) is 3.93. The number of phenols is 1. The molecule has 13 heteroatoms. The topological polar surface area (TPSA) is 205 Å². The number of hydrogen-bond donors (Lipinski definition) is 6. The van der Waals surface area contributed by atoms with E-state index in [2.05, 4.69) is 11.5 Å². The lowest BCUT2D eigenvalue weighted by Crippen LogP contribution is -2.78. The number of aliphatic hydroxyl groups is 3. The Balaban J connectivity index is 0.000000299. The van der Waals surface area contributed by atoms with E-state index in [0.717, 1.165) is 17.7 Å². The van der Waals surface area contributed by atoms with Crippen LogP contribution < -0.4 is 4.74 Å². The zero-order chi connectivity index (χ0) is 31.7. The first-order valence-electron chi connectivity index (χ1n) is 14.3. The molecule has 1 saturated carbocycles. The number of benzene rings is 2. The highest BCUT2D eigenvalue weighted by atomic mass is 16.5. The second-order valence-electron chi connectivity index (χ2n) is 11.8. The molecule has 1 saturated heterocycles. The highest BCUT2D eigenvalue weighted by Crippen LogP contribution is 2.66. The molecule has 0 aromatic heterocycles. The van der Waals surface area contributed by atoms with Crippen LogP contribution in [0.25, 0.3) is 0 Å². The number of carboxylic acids is 2. The van der Waals surface area contributed by atoms with Gasteiger partial charge in [-0.1, -0.05) is 24.3 Å². The number of ether oxygens (including phenoxy) is 1. The Bertz CT molecular complexity index is 1540. The number of nitrogens with zero attached hydrogens (tertiary/aromatic N) is 2. The SMILES string of the molecule is C=CCN1CC[C@]23c4c5ccc(O)c4O[C@H]2[C@H](N2C(=O)c4ccccc4C2=O)CC[C@@]3(O)[C@H]1C5.O=C(O)C(O)C(O)C(=O)O. The molecule has 7 atom stereocenters. The van der Waals surface area contributed by atoms with E-state index in [9.17, 15) is 29.4 Å². The van der Waals surface area contributed by atoms with Gasteiger partial charge in [0.05, 0.1) is 28.2 Å². The molecule has 44 heavy (non-hydrogen) atoms. The Labute approximate surface area is 251 Å². The molecule has 2 amide bonds. The molecule has 2 aromatic rings. The van der Waals surface area contributed by atoms with Crippen LogP contribution in [0.4, 0.5) is 0 Å². The molecule has 2 unspecified atom stereocenters. The zero-order valence-electron chi connectivity index (χ0n) is 23.5. The average molecular weight is 609 g/mol. The largest absolute Gasteiger partial charge is 0.504 e. The number of aromatic hydroxyl groups is 1. The van der Waals surface area contributed by atoms with Crippen molar-refractivity contribution in [2.75, 3.05) is 13.1 Å². The molecule has 5 aliphatic rings. The number of carbonyl (C=O) groups is 4. The lowest BCUT2D eigenvalue weighted by atomic mass is 9.48. The Kier molecular flexibility index (Phi) is 7.04. The summed E-state index contributed by atoms with van der Waals surface area (Å²) in [5.41, 5.74) is 0.854. The standard InChI is InChI=1S/C27H26N2O5.C4H6O6/c1-2-12-28-13-11-26-21-15-7-8-19(30)22(21)34-23(26)18(9-10-27(26,33)20(28)14-15)29-24(31)16-5-3-4-6-17(16)25(29)32;5-1(3(7)8)2(6)4(9)10/h2-8,18,20,23,30,33H,1,9-14H2;1-2,5-6H,(H,7,8)(H,9,10)/t18-,20-,23+,26+,27-;/m1./s1. The molecule has 232 valence electrons. The highest BCUT2D eigenvalue weighted by molar-refractivity contribution is 6.21. The van der Waals surface area contributed by atoms with Crippen LogP contribution in [-0.4, -0.2) is 113 Å². The van der Waals surface area contributed by atoms with E-state index < -0.39 is 47.3 Å². The van der Waals surface area contributed by atoms with Gasteiger partial charge < -0.3 is 35.4 Å². The van der Waals surface area contributed by atoms with Gasteiger partial charge in [-0.05, 0) is 56.0 Å². The van der Waals surface area contributed by atoms with Gasteiger partial charge in [0.2, 0.25) is 0 Å². The number of carboxylic acid groups (broad SMARTS) is 2. The molecule has 3 aliphatic heterocycles. The number of imide groups is 1. The number of carbonyl (C=O) groups excluding carboxylic acids is 2. The van der Waals surface area contributed by atoms with E-state index in [1.54, 1.807) is 30.3 Å². The summed E-state index contributed by atoms with van der Waals surface area (Å²) < 4.78 is 6.50. The number of likely N-dealkylation sites (tertiary alicyclic amines) is 1. The highest BCUT2D eigenvalue weighted by Gasteiger charge is 2.74. The molecule has 3 heterocycles. The first-order chi connectivity index (χ1) is 20.9. The summed E-state index contributed by atoms with van der Waals surface area (Å²) in [6.07, 6.45) is -1.13. The summed E-state index contributed by atoms with van der Waals surface area (Å²) in [6.45, 7) is 5.32. The number of hydrogen-bond acceptors (Lipinski definition) is 10. The van der Waals surface area contributed by atoms with Crippen LogP contribution in [0.5, 0.6) is 11.5 Å². The molecule has 6 N–H and O–H groups in total. The number of rotatable bonds is 6. The summed E-state index contributed by atoms with van der Waals surface area (Å²) in [5.74, 6) is -3.72. The molecule has 13 nitrogen and oxygen atoms in total. The van der Waals surface area contributed by atoms with Crippen molar-refractivity contribution in [1.82, 2.24) is 9.80 Å². The van der Waals surface area contributed by atoms with Crippen LogP contribution in [-0.2, 0) is 21.4 Å². The maximum Gasteiger partial charge on any atom is 0.335 e. The van der Waals surface area contributed by atoms with Gasteiger partial charge in [-0.15, -0.1) is 6.58 Å². The molecule has 1 spiro atoms. The second-order valence-corrected chi connectivity index (χ2v) is 11.8. The van der Waals surface area contributed by atoms with Crippen LogP contribution in [0, 0.1) is 0 Å². The number of aliphatic hydroxyl groups excluding tert-OH is 2. The van der Waals surface area contributed by atoms with Crippen LogP contribution in [0.1, 0.15) is 51.1 Å². The number of aliphatic carboxylic acids is 2. The van der Waals surface area contributed by atoms with Crippen molar-refractivity contribution in [2.45, 2.75) is 67.1 Å². The maximum absolute atomic E-state index is 13.4. The minimum absolute atomic E-state index is 0.0398. The Morgan fingerprint density at radius 2 is 1.64 bits per heavy atom. The van der Waals surface area contributed by atoms with Crippen LogP contribution in [0.2, 0.25) is 0 Å². The molecule has 0 radical (unpaired) electrons. The van der Waals surface area contributed by atoms with Gasteiger partial charge in [0, 0.05) is 18.2 Å². The van der Waals surface area contributed by atoms with Crippen molar-refractivity contribution in [2.24, 2.45) is 0 Å². The smallest absolute Gasteiger partial charge is 0.335 e. The third-order valence-corrected chi connectivity index (χ3v) is 9.87. The number of piperidine rings is 1. The van der Waals surface area contributed by atoms with Crippen molar-refractivity contribution < 1.29 is 54.6 Å². The fourth-order valence-corrected chi connectivity index (χ4v) is 8.03. The molecule has 2 aromatic carbocycles. The third-order valence-electron chi connectivity index (χ3n) is 9.87. The Hall–Kier alpha value is -4.30. The van der Waals surface area contributed by atoms with E-state index >= 15 is 0 Å². The molecule has 2 aliphatic carbocycles. The van der Waals surface area contributed by atoms with E-state index in [1.807, 2.05) is 12.1 Å². The lowest BCUT2D eigenvalue weighted by Gasteiger charge is -2.64. The first kappa shape index (κ1) is 29.8. The van der Waals surface area contributed by atoms with Gasteiger partial charge in [-0.3, -0.25) is 19.4 Å². The van der Waals surface area contributed by atoms with Crippen molar-refractivity contribution in [1.29, 1.82) is 0 Å². The van der Waals surface area contributed by atoms with Crippen molar-refractivity contribution in [3.8, 4) is 11.5 Å². The van der Waals surface area contributed by atoms with Gasteiger partial charge in [-0.2, -0.15) is 0 Å². The van der Waals surface area contributed by atoms with Gasteiger partial charge in [0.1, 0.15) is 6.10 Å². The predicted molar refractivity (Wildman–Crippen MR) is 150 cm³/mol. The van der Waals surface area contributed by atoms with E-state index in [4.69, 9.17) is 25.2 Å². The molecular weight excluding hydrogens is 576 g/mol. The first-order valence-corrected chi connectivity index (χ1v) is 14.3. The van der Waals surface area contributed by atoms with Crippen LogP contribution >= 0.6 is 0 Å². The summed E-state index contributed by atoms with van der Waals surface area (Å²) in [7, 11) is 0. The van der Waals surface area contributed by atoms with Gasteiger partial charge in [0.15, 0.2) is 23.7 Å². The quantitative estimate of drug-likeness (QED) is 0.193. The van der Waals surface area contributed by atoms with Crippen molar-refractivity contribution in [3.05, 3.63) is 71.3 Å². The number of fused-ring (bicyclic) bond motifs is 1. The van der Waals surface area contributed by atoms with Crippen LogP contribution in [0.3, 0.4) is 0 Å².